The number of benzene rings is 1. The summed E-state index contributed by atoms with van der Waals surface area (Å²) in [5.41, 5.74) is 6.32. The number of ether oxygens (including phenoxy) is 2. The second kappa shape index (κ2) is 11.8. The number of carbonyl (C=O) groups excluding carboxylic acids is 2. The first kappa shape index (κ1) is 30.6. The molecule has 0 aliphatic carbocycles. The van der Waals surface area contributed by atoms with Crippen LogP contribution in [-0.2, 0) is 17.7 Å². The quantitative estimate of drug-likeness (QED) is 0.446. The highest BCUT2D eigenvalue weighted by molar-refractivity contribution is 5.96. The maximum absolute atomic E-state index is 13.1. The highest BCUT2D eigenvalue weighted by Crippen LogP contribution is 2.40. The van der Waals surface area contributed by atoms with Crippen LogP contribution in [0.2, 0.25) is 0 Å². The van der Waals surface area contributed by atoms with Gasteiger partial charge in [0.2, 0.25) is 11.8 Å². The number of hydrogen-bond acceptors (Lipinski definition) is 10. The van der Waals surface area contributed by atoms with Crippen molar-refractivity contribution in [3.8, 4) is 5.88 Å². The Kier molecular flexibility index (Phi) is 8.02. The molecule has 5 heterocycles. The van der Waals surface area contributed by atoms with Gasteiger partial charge in [-0.2, -0.15) is 0 Å². The molecule has 0 saturated carbocycles. The summed E-state index contributed by atoms with van der Waals surface area (Å²) in [5.74, 6) is 0.996. The first-order valence-corrected chi connectivity index (χ1v) is 15.4. The van der Waals surface area contributed by atoms with Crippen LogP contribution in [-0.4, -0.2) is 95.3 Å². The molecule has 3 aliphatic heterocycles. The molecule has 1 fully saturated rings. The summed E-state index contributed by atoms with van der Waals surface area (Å²) < 4.78 is 11.5. The van der Waals surface area contributed by atoms with Gasteiger partial charge < -0.3 is 29.5 Å². The number of carbonyl (C=O) groups is 2. The first-order valence-electron chi connectivity index (χ1n) is 15.4. The van der Waals surface area contributed by atoms with E-state index >= 15 is 0 Å². The molecule has 0 unspecified atom stereocenters. The molecule has 238 valence electrons. The number of nitrogens with zero attached hydrogens (tertiary/aromatic N) is 7. The minimum Gasteiger partial charge on any atom is -0.474 e. The Labute approximate surface area is 264 Å². The van der Waals surface area contributed by atoms with Gasteiger partial charge in [0.15, 0.2) is 0 Å². The third kappa shape index (κ3) is 6.24. The fourth-order valence-electron chi connectivity index (χ4n) is 5.94. The monoisotopic (exact) mass is 614 g/mol. The Balaban J connectivity index is 1.17. The number of nitrogens with one attached hydrogen (secondary N) is 1. The van der Waals surface area contributed by atoms with Crippen molar-refractivity contribution in [1.29, 1.82) is 0 Å². The van der Waals surface area contributed by atoms with E-state index in [0.717, 1.165) is 59.8 Å². The van der Waals surface area contributed by atoms with Gasteiger partial charge in [-0.15, -0.1) is 0 Å². The molecule has 1 saturated heterocycles. The van der Waals surface area contributed by atoms with Crippen molar-refractivity contribution >= 4 is 35.0 Å². The number of anilines is 4. The standard InChI is InChI=1S/C33H42N8O4/c1-20-14-23(8-9-25(20)30(42)40-17-24(18-40)38(6)7)36-31-35-15-22-10-11-39(19-26(22)37-31)27-16-34-29-28(21(27)2)41(12-13-44-29)32(43)45-33(3,4)5/h8-9,14-16,24H,10-13,17-19H2,1-7H3,(H,35,36,37). The second-order valence-electron chi connectivity index (χ2n) is 13.2. The van der Waals surface area contributed by atoms with Crippen molar-refractivity contribution in [3.05, 3.63) is 58.5 Å². The molecule has 3 aliphatic rings. The molecule has 2 aromatic heterocycles. The summed E-state index contributed by atoms with van der Waals surface area (Å²) in [7, 11) is 4.09. The minimum atomic E-state index is -0.612. The van der Waals surface area contributed by atoms with Crippen LogP contribution in [0.4, 0.5) is 27.8 Å². The van der Waals surface area contributed by atoms with Crippen LogP contribution < -0.4 is 19.9 Å². The van der Waals surface area contributed by atoms with Crippen molar-refractivity contribution in [3.63, 3.8) is 0 Å². The number of pyridine rings is 1. The van der Waals surface area contributed by atoms with Crippen LogP contribution >= 0.6 is 0 Å². The van der Waals surface area contributed by atoms with Crippen LogP contribution in [0, 0.1) is 13.8 Å². The van der Waals surface area contributed by atoms with Gasteiger partial charge in [0.25, 0.3) is 5.91 Å². The molecule has 12 heteroatoms. The van der Waals surface area contributed by atoms with E-state index < -0.39 is 11.7 Å². The van der Waals surface area contributed by atoms with Crippen molar-refractivity contribution in [2.45, 2.75) is 59.2 Å². The normalized spacial score (nSPS) is 16.5. The van der Waals surface area contributed by atoms with Crippen LogP contribution in [0.3, 0.4) is 0 Å². The third-order valence-corrected chi connectivity index (χ3v) is 8.56. The smallest absolute Gasteiger partial charge is 0.415 e. The number of hydrogen-bond donors (Lipinski definition) is 1. The summed E-state index contributed by atoms with van der Waals surface area (Å²) >= 11 is 0. The van der Waals surface area contributed by atoms with E-state index in [0.29, 0.717) is 48.8 Å². The lowest BCUT2D eigenvalue weighted by Gasteiger charge is -2.43. The summed E-state index contributed by atoms with van der Waals surface area (Å²) in [4.78, 5) is 48.0. The van der Waals surface area contributed by atoms with Crippen LogP contribution in [0.5, 0.6) is 5.88 Å². The lowest BCUT2D eigenvalue weighted by Crippen LogP contribution is -2.59. The SMILES string of the molecule is Cc1cc(Nc2ncc3c(n2)CN(c2cnc4c(c2C)N(C(=O)OC(C)(C)C)CCO4)CC3)ccc1C(=O)N1CC(N(C)C)C1. The van der Waals surface area contributed by atoms with Crippen molar-refractivity contribution in [2.75, 3.05) is 62.0 Å². The van der Waals surface area contributed by atoms with E-state index in [9.17, 15) is 9.59 Å². The average Bonchev–Trinajstić information content (AvgIpc) is 2.95. The predicted octanol–water partition coefficient (Wildman–Crippen LogP) is 4.31. The van der Waals surface area contributed by atoms with E-state index in [1.807, 2.05) is 84.2 Å². The van der Waals surface area contributed by atoms with Crippen LogP contribution in [0.25, 0.3) is 0 Å². The van der Waals surface area contributed by atoms with E-state index in [4.69, 9.17) is 14.5 Å². The topological polar surface area (TPSA) is 116 Å². The van der Waals surface area contributed by atoms with Gasteiger partial charge in [0.1, 0.15) is 17.9 Å². The Hall–Kier alpha value is -4.45. The number of likely N-dealkylation sites (tertiary alicyclic amines) is 1. The van der Waals surface area contributed by atoms with Crippen LogP contribution in [0.1, 0.15) is 53.5 Å². The summed E-state index contributed by atoms with van der Waals surface area (Å²) in [5, 5.41) is 3.32. The Morgan fingerprint density at radius 3 is 2.58 bits per heavy atom. The number of amides is 2. The molecule has 0 bridgehead atoms. The lowest BCUT2D eigenvalue weighted by molar-refractivity contribution is 0.0398. The number of rotatable bonds is 5. The largest absolute Gasteiger partial charge is 0.474 e. The molecule has 12 nitrogen and oxygen atoms in total. The molecule has 2 amide bonds. The molecule has 1 N–H and O–H groups in total. The zero-order valence-corrected chi connectivity index (χ0v) is 27.2. The first-order chi connectivity index (χ1) is 21.4. The Morgan fingerprint density at radius 2 is 1.87 bits per heavy atom. The minimum absolute atomic E-state index is 0.0648. The van der Waals surface area contributed by atoms with Gasteiger partial charge in [-0.3, -0.25) is 9.69 Å². The molecule has 3 aromatic rings. The van der Waals surface area contributed by atoms with Gasteiger partial charge in [0.05, 0.1) is 30.7 Å². The lowest BCUT2D eigenvalue weighted by atomic mass is 10.0. The zero-order valence-electron chi connectivity index (χ0n) is 27.2. The van der Waals surface area contributed by atoms with E-state index in [1.54, 1.807) is 4.90 Å². The fraction of sp³-hybridized carbons (Fsp3) is 0.485. The van der Waals surface area contributed by atoms with Crippen molar-refractivity contribution in [1.82, 2.24) is 24.8 Å². The van der Waals surface area contributed by atoms with Gasteiger partial charge in [-0.25, -0.2) is 19.7 Å². The van der Waals surface area contributed by atoms with Gasteiger partial charge in [-0.05, 0) is 84.5 Å². The maximum Gasteiger partial charge on any atom is 0.415 e. The number of aryl methyl sites for hydroxylation is 1. The molecular formula is C33H42N8O4. The molecule has 0 spiro atoms. The fourth-order valence-corrected chi connectivity index (χ4v) is 5.94. The molecular weight excluding hydrogens is 572 g/mol. The summed E-state index contributed by atoms with van der Waals surface area (Å²) in [6.45, 7) is 13.1. The van der Waals surface area contributed by atoms with Gasteiger partial charge >= 0.3 is 6.09 Å². The summed E-state index contributed by atoms with van der Waals surface area (Å²) in [6.07, 6.45) is 4.06. The van der Waals surface area contributed by atoms with E-state index in [-0.39, 0.29) is 5.91 Å². The van der Waals surface area contributed by atoms with Crippen LogP contribution in [0.15, 0.2) is 30.6 Å². The maximum atomic E-state index is 13.1. The predicted molar refractivity (Wildman–Crippen MR) is 173 cm³/mol. The Morgan fingerprint density at radius 1 is 1.09 bits per heavy atom. The van der Waals surface area contributed by atoms with E-state index in [2.05, 4.69) is 25.1 Å². The molecule has 0 radical (unpaired) electrons. The Bertz CT molecular complexity index is 1630. The second-order valence-corrected chi connectivity index (χ2v) is 13.2. The highest BCUT2D eigenvalue weighted by Gasteiger charge is 2.34. The van der Waals surface area contributed by atoms with Gasteiger partial charge in [0, 0.05) is 48.7 Å². The number of likely N-dealkylation sites (N-methyl/N-ethyl adjacent to an activating group) is 1. The zero-order chi connectivity index (χ0) is 32.0. The molecule has 0 atom stereocenters. The number of fused-ring (bicyclic) bond motifs is 2. The number of aromatic nitrogens is 3. The van der Waals surface area contributed by atoms with Crippen molar-refractivity contribution in [2.24, 2.45) is 0 Å². The molecule has 6 rings (SSSR count). The highest BCUT2D eigenvalue weighted by atomic mass is 16.6. The third-order valence-electron chi connectivity index (χ3n) is 8.56. The molecule has 1 aromatic carbocycles. The van der Waals surface area contributed by atoms with Gasteiger partial charge in [-0.1, -0.05) is 0 Å². The van der Waals surface area contributed by atoms with Crippen molar-refractivity contribution < 1.29 is 19.1 Å². The van der Waals surface area contributed by atoms with E-state index in [1.165, 1.54) is 0 Å². The summed E-state index contributed by atoms with van der Waals surface area (Å²) in [6, 6.07) is 6.16. The molecule has 45 heavy (non-hydrogen) atoms. The average molecular weight is 615 g/mol.